The van der Waals surface area contributed by atoms with Gasteiger partial charge in [-0.1, -0.05) is 41.1 Å². The Balaban J connectivity index is 2.41. The van der Waals surface area contributed by atoms with Gasteiger partial charge >= 0.3 is 0 Å². The van der Waals surface area contributed by atoms with Crippen LogP contribution >= 0.6 is 15.9 Å². The normalized spacial score (nSPS) is 11.8. The van der Waals surface area contributed by atoms with Gasteiger partial charge in [0.05, 0.1) is 12.2 Å². The van der Waals surface area contributed by atoms with Gasteiger partial charge in [0.15, 0.2) is 0 Å². The Morgan fingerprint density at radius 1 is 1.29 bits per heavy atom. The first-order chi connectivity index (χ1) is 8.05. The van der Waals surface area contributed by atoms with Crippen LogP contribution in [0.25, 0.3) is 0 Å². The van der Waals surface area contributed by atoms with Crippen LogP contribution in [0, 0.1) is 0 Å². The fraction of sp³-hybridized carbons (Fsp3) is 0.571. The summed E-state index contributed by atoms with van der Waals surface area (Å²) in [6.07, 6.45) is 1.15. The monoisotopic (exact) mass is 299 g/mol. The van der Waals surface area contributed by atoms with Gasteiger partial charge in [-0.15, -0.1) is 0 Å². The molecule has 96 valence electrons. The molecule has 0 heterocycles. The van der Waals surface area contributed by atoms with Gasteiger partial charge in [0.2, 0.25) is 0 Å². The quantitative estimate of drug-likeness (QED) is 0.774. The molecule has 1 N–H and O–H groups in total. The highest BCUT2D eigenvalue weighted by Gasteiger charge is 2.18. The fourth-order valence-electron chi connectivity index (χ4n) is 1.51. The number of halogens is 1. The van der Waals surface area contributed by atoms with Crippen LogP contribution in [0.2, 0.25) is 0 Å². The molecule has 0 amide bonds. The Bertz CT molecular complexity index is 339. The van der Waals surface area contributed by atoms with Crippen LogP contribution in [-0.2, 0) is 11.3 Å². The van der Waals surface area contributed by atoms with Gasteiger partial charge in [0.1, 0.15) is 0 Å². The fourth-order valence-corrected chi connectivity index (χ4v) is 1.91. The number of hydrogen-bond donors (Lipinski definition) is 1. The zero-order valence-corrected chi connectivity index (χ0v) is 12.5. The zero-order valence-electron chi connectivity index (χ0n) is 10.9. The van der Waals surface area contributed by atoms with Crippen molar-refractivity contribution in [3.63, 3.8) is 0 Å². The molecule has 1 rings (SSSR count). The topological polar surface area (TPSA) is 21.3 Å². The van der Waals surface area contributed by atoms with Crippen molar-refractivity contribution in [3.8, 4) is 0 Å². The van der Waals surface area contributed by atoms with Crippen molar-refractivity contribution in [3.05, 3.63) is 34.3 Å². The predicted molar refractivity (Wildman–Crippen MR) is 76.2 cm³/mol. The lowest BCUT2D eigenvalue weighted by molar-refractivity contribution is -0.0280. The third-order valence-electron chi connectivity index (χ3n) is 2.55. The van der Waals surface area contributed by atoms with Crippen LogP contribution in [0.4, 0.5) is 0 Å². The van der Waals surface area contributed by atoms with E-state index in [1.165, 1.54) is 5.56 Å². The van der Waals surface area contributed by atoms with Gasteiger partial charge in [-0.2, -0.15) is 0 Å². The number of nitrogens with one attached hydrogen (secondary N) is 1. The summed E-state index contributed by atoms with van der Waals surface area (Å²) < 4.78 is 7.06. The molecule has 2 nitrogen and oxygen atoms in total. The maximum Gasteiger partial charge on any atom is 0.0754 e. The summed E-state index contributed by atoms with van der Waals surface area (Å²) in [5, 5.41) is 3.39. The lowest BCUT2D eigenvalue weighted by Gasteiger charge is -2.26. The highest BCUT2D eigenvalue weighted by molar-refractivity contribution is 9.10. The molecule has 0 saturated heterocycles. The molecule has 0 radical (unpaired) electrons. The van der Waals surface area contributed by atoms with Crippen LogP contribution in [0.15, 0.2) is 28.7 Å². The zero-order chi connectivity index (χ0) is 12.7. The van der Waals surface area contributed by atoms with E-state index in [9.17, 15) is 0 Å². The lowest BCUT2D eigenvalue weighted by Crippen LogP contribution is -2.37. The molecule has 0 aliphatic rings. The first kappa shape index (κ1) is 14.7. The molecule has 0 fully saturated rings. The van der Waals surface area contributed by atoms with Crippen molar-refractivity contribution in [1.82, 2.24) is 5.32 Å². The summed E-state index contributed by atoms with van der Waals surface area (Å²) in [7, 11) is 0. The summed E-state index contributed by atoms with van der Waals surface area (Å²) in [5.41, 5.74) is 1.06. The Morgan fingerprint density at radius 3 is 2.65 bits per heavy atom. The summed E-state index contributed by atoms with van der Waals surface area (Å²) >= 11 is 3.53. The molecule has 0 bridgehead atoms. The van der Waals surface area contributed by atoms with E-state index in [4.69, 9.17) is 4.74 Å². The van der Waals surface area contributed by atoms with Crippen LogP contribution < -0.4 is 5.32 Å². The molecule has 0 aliphatic heterocycles. The average molecular weight is 300 g/mol. The van der Waals surface area contributed by atoms with Crippen molar-refractivity contribution in [2.24, 2.45) is 0 Å². The Morgan fingerprint density at radius 2 is 2.00 bits per heavy atom. The van der Waals surface area contributed by atoms with Crippen LogP contribution in [0.5, 0.6) is 0 Å². The van der Waals surface area contributed by atoms with E-state index in [0.29, 0.717) is 6.61 Å². The summed E-state index contributed by atoms with van der Waals surface area (Å²) in [6, 6.07) is 8.17. The summed E-state index contributed by atoms with van der Waals surface area (Å²) in [5.74, 6) is 0. The molecule has 0 atom stereocenters. The molecular weight excluding hydrogens is 278 g/mol. The SMILES string of the molecule is CCCNCC(C)(C)OCc1ccccc1Br. The van der Waals surface area contributed by atoms with Crippen LogP contribution in [0.1, 0.15) is 32.8 Å². The van der Waals surface area contributed by atoms with Crippen molar-refractivity contribution in [2.45, 2.75) is 39.4 Å². The maximum absolute atomic E-state index is 5.95. The Labute approximate surface area is 113 Å². The Hall–Kier alpha value is -0.380. The molecular formula is C14H22BrNO. The number of rotatable bonds is 7. The minimum absolute atomic E-state index is 0.134. The minimum Gasteiger partial charge on any atom is -0.370 e. The van der Waals surface area contributed by atoms with Gasteiger partial charge in [0.25, 0.3) is 0 Å². The van der Waals surface area contributed by atoms with Gasteiger partial charge in [-0.25, -0.2) is 0 Å². The second-order valence-corrected chi connectivity index (χ2v) is 5.67. The molecule has 0 aliphatic carbocycles. The van der Waals surface area contributed by atoms with Gasteiger partial charge in [-0.05, 0) is 38.4 Å². The standard InChI is InChI=1S/C14H22BrNO/c1-4-9-16-11-14(2,3)17-10-12-7-5-6-8-13(12)15/h5-8,16H,4,9-11H2,1-3H3. The summed E-state index contributed by atoms with van der Waals surface area (Å²) in [4.78, 5) is 0. The van der Waals surface area contributed by atoms with Gasteiger partial charge in [-0.3, -0.25) is 0 Å². The van der Waals surface area contributed by atoms with Crippen molar-refractivity contribution in [2.75, 3.05) is 13.1 Å². The largest absolute Gasteiger partial charge is 0.370 e. The van der Waals surface area contributed by atoms with Crippen LogP contribution in [0.3, 0.4) is 0 Å². The summed E-state index contributed by atoms with van der Waals surface area (Å²) in [6.45, 7) is 8.97. The smallest absolute Gasteiger partial charge is 0.0754 e. The molecule has 1 aromatic rings. The van der Waals surface area contributed by atoms with Crippen molar-refractivity contribution >= 4 is 15.9 Å². The van der Waals surface area contributed by atoms with E-state index in [1.54, 1.807) is 0 Å². The first-order valence-electron chi connectivity index (χ1n) is 6.13. The van der Waals surface area contributed by atoms with E-state index < -0.39 is 0 Å². The molecule has 0 spiro atoms. The second-order valence-electron chi connectivity index (χ2n) is 4.82. The average Bonchev–Trinajstić information content (AvgIpc) is 2.28. The third kappa shape index (κ3) is 5.66. The maximum atomic E-state index is 5.95. The predicted octanol–water partition coefficient (Wildman–Crippen LogP) is 3.74. The highest BCUT2D eigenvalue weighted by Crippen LogP contribution is 2.19. The van der Waals surface area contributed by atoms with Gasteiger partial charge in [0, 0.05) is 11.0 Å². The molecule has 0 aromatic heterocycles. The third-order valence-corrected chi connectivity index (χ3v) is 3.33. The van der Waals surface area contributed by atoms with Crippen molar-refractivity contribution in [1.29, 1.82) is 0 Å². The first-order valence-corrected chi connectivity index (χ1v) is 6.92. The molecule has 0 unspecified atom stereocenters. The molecule has 0 saturated carbocycles. The van der Waals surface area contributed by atoms with E-state index in [1.807, 2.05) is 18.2 Å². The minimum atomic E-state index is -0.134. The number of hydrogen-bond acceptors (Lipinski definition) is 2. The van der Waals surface area contributed by atoms with E-state index in [2.05, 4.69) is 48.1 Å². The number of benzene rings is 1. The van der Waals surface area contributed by atoms with Crippen LogP contribution in [-0.4, -0.2) is 18.7 Å². The molecule has 17 heavy (non-hydrogen) atoms. The molecule has 3 heteroatoms. The van der Waals surface area contributed by atoms with E-state index >= 15 is 0 Å². The van der Waals surface area contributed by atoms with E-state index in [0.717, 1.165) is 24.0 Å². The lowest BCUT2D eigenvalue weighted by atomic mass is 10.1. The second kappa shape index (κ2) is 7.14. The van der Waals surface area contributed by atoms with E-state index in [-0.39, 0.29) is 5.60 Å². The van der Waals surface area contributed by atoms with Crippen molar-refractivity contribution < 1.29 is 4.74 Å². The number of ether oxygens (including phenoxy) is 1. The Kier molecular flexibility index (Phi) is 6.17. The highest BCUT2D eigenvalue weighted by atomic mass is 79.9. The van der Waals surface area contributed by atoms with Gasteiger partial charge < -0.3 is 10.1 Å². The molecule has 1 aromatic carbocycles.